The first kappa shape index (κ1) is 10.2. The van der Waals surface area contributed by atoms with Crippen LogP contribution in [0.15, 0.2) is 39.7 Å². The Bertz CT molecular complexity index is 550. The molecule has 1 N–H and O–H groups in total. The van der Waals surface area contributed by atoms with Crippen molar-refractivity contribution in [2.75, 3.05) is 7.11 Å². The normalized spacial score (nSPS) is 10.1. The summed E-state index contributed by atoms with van der Waals surface area (Å²) in [6.45, 7) is 0. The van der Waals surface area contributed by atoms with Crippen molar-refractivity contribution in [3.63, 3.8) is 0 Å². The summed E-state index contributed by atoms with van der Waals surface area (Å²) in [5, 5.41) is 0. The van der Waals surface area contributed by atoms with Gasteiger partial charge in [0.2, 0.25) is 0 Å². The van der Waals surface area contributed by atoms with E-state index in [-0.39, 0.29) is 0 Å². The fourth-order valence-corrected chi connectivity index (χ4v) is 1.33. The number of oxazole rings is 1. The minimum absolute atomic E-state index is 0.396. The molecule has 0 aliphatic heterocycles. The van der Waals surface area contributed by atoms with Crippen molar-refractivity contribution >= 4 is 5.97 Å². The third-order valence-corrected chi connectivity index (χ3v) is 2.14. The smallest absolute Gasteiger partial charge is 0.416 e. The van der Waals surface area contributed by atoms with Crippen molar-refractivity contribution in [2.45, 2.75) is 0 Å². The molecule has 1 aromatic heterocycles. The molecule has 0 aliphatic rings. The number of hydrogen-bond acceptors (Lipinski definition) is 4. The molecule has 0 radical (unpaired) electrons. The van der Waals surface area contributed by atoms with Gasteiger partial charge in [0.25, 0.3) is 0 Å². The number of carbonyl (C=O) groups is 1. The van der Waals surface area contributed by atoms with E-state index in [1.807, 2.05) is 0 Å². The van der Waals surface area contributed by atoms with Crippen LogP contribution < -0.4 is 5.76 Å². The molecule has 2 aromatic rings. The molecule has 5 nitrogen and oxygen atoms in total. The van der Waals surface area contributed by atoms with Gasteiger partial charge in [0.05, 0.1) is 18.4 Å². The molecular weight excluding hydrogens is 210 g/mol. The van der Waals surface area contributed by atoms with Crippen LogP contribution in [0.5, 0.6) is 0 Å². The molecule has 0 saturated carbocycles. The minimum Gasteiger partial charge on any atom is -0.465 e. The SMILES string of the molecule is COC(=O)c1ccc(-c2coc(=O)[nH]2)cc1. The quantitative estimate of drug-likeness (QED) is 0.775. The third-order valence-electron chi connectivity index (χ3n) is 2.14. The zero-order valence-electron chi connectivity index (χ0n) is 8.52. The fraction of sp³-hybridized carbons (Fsp3) is 0.0909. The highest BCUT2D eigenvalue weighted by molar-refractivity contribution is 5.89. The Labute approximate surface area is 90.7 Å². The zero-order chi connectivity index (χ0) is 11.5. The molecular formula is C11H9NO4. The highest BCUT2D eigenvalue weighted by atomic mass is 16.5. The molecule has 16 heavy (non-hydrogen) atoms. The molecule has 0 unspecified atom stereocenters. The predicted molar refractivity (Wildman–Crippen MR) is 56.1 cm³/mol. The summed E-state index contributed by atoms with van der Waals surface area (Å²) < 4.78 is 9.19. The van der Waals surface area contributed by atoms with E-state index < -0.39 is 11.7 Å². The second-order valence-electron chi connectivity index (χ2n) is 3.13. The Morgan fingerprint density at radius 1 is 1.31 bits per heavy atom. The van der Waals surface area contributed by atoms with Crippen LogP contribution in [0.1, 0.15) is 10.4 Å². The van der Waals surface area contributed by atoms with Crippen molar-refractivity contribution in [1.29, 1.82) is 0 Å². The second-order valence-corrected chi connectivity index (χ2v) is 3.13. The molecule has 1 heterocycles. The average molecular weight is 219 g/mol. The lowest BCUT2D eigenvalue weighted by Crippen LogP contribution is -2.00. The van der Waals surface area contributed by atoms with Crippen molar-refractivity contribution in [1.82, 2.24) is 4.98 Å². The van der Waals surface area contributed by atoms with Crippen LogP contribution in [-0.2, 0) is 4.74 Å². The van der Waals surface area contributed by atoms with Gasteiger partial charge in [-0.15, -0.1) is 0 Å². The average Bonchev–Trinajstić information content (AvgIpc) is 2.75. The summed E-state index contributed by atoms with van der Waals surface area (Å²) in [5.74, 6) is -0.903. The van der Waals surface area contributed by atoms with E-state index in [1.165, 1.54) is 13.4 Å². The zero-order valence-corrected chi connectivity index (χ0v) is 8.52. The predicted octanol–water partition coefficient (Wildman–Crippen LogP) is 1.42. The van der Waals surface area contributed by atoms with E-state index in [4.69, 9.17) is 0 Å². The van der Waals surface area contributed by atoms with E-state index in [0.717, 1.165) is 5.56 Å². The van der Waals surface area contributed by atoms with E-state index in [0.29, 0.717) is 11.3 Å². The van der Waals surface area contributed by atoms with Gasteiger partial charge in [0.15, 0.2) is 0 Å². The van der Waals surface area contributed by atoms with Gasteiger partial charge in [0, 0.05) is 5.56 Å². The lowest BCUT2D eigenvalue weighted by atomic mass is 10.1. The van der Waals surface area contributed by atoms with E-state index >= 15 is 0 Å². The van der Waals surface area contributed by atoms with Crippen LogP contribution in [0, 0.1) is 0 Å². The summed E-state index contributed by atoms with van der Waals surface area (Å²) in [4.78, 5) is 24.5. The van der Waals surface area contributed by atoms with Crippen LogP contribution in [0.2, 0.25) is 0 Å². The number of nitrogens with one attached hydrogen (secondary N) is 1. The van der Waals surface area contributed by atoms with Crippen molar-refractivity contribution < 1.29 is 13.9 Å². The summed E-state index contributed by atoms with van der Waals surface area (Å²) >= 11 is 0. The van der Waals surface area contributed by atoms with Crippen LogP contribution in [-0.4, -0.2) is 18.1 Å². The lowest BCUT2D eigenvalue weighted by molar-refractivity contribution is 0.0601. The highest BCUT2D eigenvalue weighted by Gasteiger charge is 2.06. The standard InChI is InChI=1S/C11H9NO4/c1-15-10(13)8-4-2-7(3-5-8)9-6-16-11(14)12-9/h2-6H,1H3,(H,12,14). The lowest BCUT2D eigenvalue weighted by Gasteiger charge is -2.00. The van der Waals surface area contributed by atoms with Crippen LogP contribution >= 0.6 is 0 Å². The number of rotatable bonds is 2. The van der Waals surface area contributed by atoms with E-state index in [2.05, 4.69) is 14.1 Å². The van der Waals surface area contributed by atoms with Gasteiger partial charge in [-0.1, -0.05) is 12.1 Å². The number of aromatic nitrogens is 1. The Morgan fingerprint density at radius 3 is 2.50 bits per heavy atom. The van der Waals surface area contributed by atoms with E-state index in [9.17, 15) is 9.59 Å². The molecule has 0 spiro atoms. The van der Waals surface area contributed by atoms with Crippen LogP contribution in [0.3, 0.4) is 0 Å². The number of methoxy groups -OCH3 is 1. The Hall–Kier alpha value is -2.30. The third kappa shape index (κ3) is 1.88. The molecule has 1 aromatic carbocycles. The van der Waals surface area contributed by atoms with Crippen molar-refractivity contribution in [3.05, 3.63) is 46.6 Å². The number of ether oxygens (including phenoxy) is 1. The summed E-state index contributed by atoms with van der Waals surface area (Å²) in [7, 11) is 1.32. The van der Waals surface area contributed by atoms with Gasteiger partial charge in [-0.25, -0.2) is 9.59 Å². The Kier molecular flexibility index (Phi) is 2.59. The topological polar surface area (TPSA) is 72.3 Å². The number of carbonyl (C=O) groups excluding carboxylic acids is 1. The first-order valence-electron chi connectivity index (χ1n) is 4.57. The van der Waals surface area contributed by atoms with Gasteiger partial charge in [-0.05, 0) is 12.1 Å². The number of hydrogen-bond donors (Lipinski definition) is 1. The number of H-pyrrole nitrogens is 1. The minimum atomic E-state index is -0.507. The van der Waals surface area contributed by atoms with Crippen molar-refractivity contribution in [3.8, 4) is 11.3 Å². The maximum Gasteiger partial charge on any atom is 0.416 e. The van der Waals surface area contributed by atoms with Gasteiger partial charge < -0.3 is 9.15 Å². The molecule has 0 atom stereocenters. The molecule has 0 amide bonds. The maximum absolute atomic E-state index is 11.2. The Morgan fingerprint density at radius 2 is 2.00 bits per heavy atom. The first-order chi connectivity index (χ1) is 7.70. The molecule has 0 fully saturated rings. The second kappa shape index (κ2) is 4.06. The summed E-state index contributed by atoms with van der Waals surface area (Å²) in [5.41, 5.74) is 1.79. The molecule has 5 heteroatoms. The largest absolute Gasteiger partial charge is 0.465 e. The maximum atomic E-state index is 11.2. The molecule has 2 rings (SSSR count). The number of aromatic amines is 1. The number of benzene rings is 1. The number of esters is 1. The van der Waals surface area contributed by atoms with Crippen LogP contribution in [0.4, 0.5) is 0 Å². The van der Waals surface area contributed by atoms with Gasteiger partial charge in [0.1, 0.15) is 6.26 Å². The van der Waals surface area contributed by atoms with Gasteiger partial charge in [-0.2, -0.15) is 0 Å². The molecule has 0 aliphatic carbocycles. The highest BCUT2D eigenvalue weighted by Crippen LogP contribution is 2.16. The van der Waals surface area contributed by atoms with Crippen molar-refractivity contribution in [2.24, 2.45) is 0 Å². The van der Waals surface area contributed by atoms with Gasteiger partial charge in [-0.3, -0.25) is 4.98 Å². The fourth-order valence-electron chi connectivity index (χ4n) is 1.33. The van der Waals surface area contributed by atoms with Crippen LogP contribution in [0.25, 0.3) is 11.3 Å². The summed E-state index contributed by atoms with van der Waals surface area (Å²) in [6.07, 6.45) is 1.33. The summed E-state index contributed by atoms with van der Waals surface area (Å²) in [6, 6.07) is 6.64. The monoisotopic (exact) mass is 219 g/mol. The molecule has 0 bridgehead atoms. The Balaban J connectivity index is 2.32. The molecule has 0 saturated heterocycles. The van der Waals surface area contributed by atoms with Gasteiger partial charge >= 0.3 is 11.7 Å². The first-order valence-corrected chi connectivity index (χ1v) is 4.57. The molecule has 82 valence electrons. The van der Waals surface area contributed by atoms with E-state index in [1.54, 1.807) is 24.3 Å².